The van der Waals surface area contributed by atoms with Gasteiger partial charge in [0.05, 0.1) is 11.5 Å². The van der Waals surface area contributed by atoms with Crippen molar-refractivity contribution in [2.45, 2.75) is 102 Å². The van der Waals surface area contributed by atoms with E-state index in [1.165, 1.54) is 30.5 Å². The average Bonchev–Trinajstić information content (AvgIpc) is 3.23. The Hall–Kier alpha value is -3.16. The predicted molar refractivity (Wildman–Crippen MR) is 163 cm³/mol. The first-order valence-electron chi connectivity index (χ1n) is 14.7. The van der Waals surface area contributed by atoms with E-state index in [0.29, 0.717) is 0 Å². The molecule has 0 saturated carbocycles. The number of nitro benzene ring substituents is 1. The van der Waals surface area contributed by atoms with Crippen LogP contribution < -0.4 is 16.0 Å². The number of hydrogen-bond donors (Lipinski definition) is 1. The van der Waals surface area contributed by atoms with Crippen LogP contribution >= 0.6 is 0 Å². The summed E-state index contributed by atoms with van der Waals surface area (Å²) in [5.41, 5.74) is -1.48. The van der Waals surface area contributed by atoms with Crippen molar-refractivity contribution in [3.05, 3.63) is 67.5 Å². The van der Waals surface area contributed by atoms with Crippen LogP contribution in [-0.4, -0.2) is 62.7 Å². The number of non-ortho nitro benzene ring substituents is 1. The highest BCUT2D eigenvalue weighted by molar-refractivity contribution is 6.84. The molecule has 2 fully saturated rings. The van der Waals surface area contributed by atoms with Gasteiger partial charge in [-0.3, -0.25) is 24.5 Å². The number of carbonyl (C=O) groups excluding carboxylic acids is 1. The molecule has 44 heavy (non-hydrogen) atoms. The monoisotopic (exact) mass is 651 g/mol. The quantitative estimate of drug-likeness (QED) is 0.136. The van der Waals surface area contributed by atoms with E-state index in [4.69, 9.17) is 27.2 Å². The third-order valence-electron chi connectivity index (χ3n) is 8.22. The minimum absolute atomic E-state index is 0.0109. The van der Waals surface area contributed by atoms with Gasteiger partial charge in [0.15, 0.2) is 12.3 Å². The number of aromatic amines is 1. The Labute approximate surface area is 257 Å². The summed E-state index contributed by atoms with van der Waals surface area (Å²) in [7, 11) is -6.11. The van der Waals surface area contributed by atoms with Crippen molar-refractivity contribution in [2.24, 2.45) is 0 Å². The molecule has 0 aliphatic carbocycles. The standard InChI is InChI=1S/C28H41N3O11Si2/c1-16(2)43(17(3)4)37-15-22-24(41-44(42-43,18(5)6)19(7)8)25(26(39-22)30-14-13-23(32)29-27(30)33)40-28(34)38-21-11-9-20(10-12-21)31(35)36/h9-14,16-19,22,24-26H,15H2,1-8H3,(H,29,32,33)/t22-,24-,25-,26-/m1/s1. The lowest BCUT2D eigenvalue weighted by Gasteiger charge is -2.51. The van der Waals surface area contributed by atoms with Crippen LogP contribution in [0, 0.1) is 10.1 Å². The topological polar surface area (TPSA) is 170 Å². The molecule has 4 atom stereocenters. The lowest BCUT2D eigenvalue weighted by atomic mass is 10.1. The number of nitro groups is 1. The van der Waals surface area contributed by atoms with Gasteiger partial charge in [0.1, 0.15) is 18.0 Å². The lowest BCUT2D eigenvalue weighted by molar-refractivity contribution is -0.384. The Kier molecular flexibility index (Phi) is 10.0. The van der Waals surface area contributed by atoms with Crippen LogP contribution in [0.2, 0.25) is 22.2 Å². The average molecular weight is 652 g/mol. The molecule has 1 aromatic carbocycles. The van der Waals surface area contributed by atoms with Crippen molar-refractivity contribution in [1.29, 1.82) is 0 Å². The minimum atomic E-state index is -3.19. The molecule has 0 amide bonds. The van der Waals surface area contributed by atoms with Gasteiger partial charge < -0.3 is 27.2 Å². The second kappa shape index (κ2) is 13.1. The first-order chi connectivity index (χ1) is 20.6. The predicted octanol–water partition coefficient (Wildman–Crippen LogP) is 4.88. The van der Waals surface area contributed by atoms with Crippen molar-refractivity contribution in [3.8, 4) is 5.75 Å². The number of fused-ring (bicyclic) bond motifs is 1. The number of ether oxygens (including phenoxy) is 3. The van der Waals surface area contributed by atoms with Gasteiger partial charge in [-0.25, -0.2) is 9.59 Å². The summed E-state index contributed by atoms with van der Waals surface area (Å²) in [5, 5.41) is 11.0. The summed E-state index contributed by atoms with van der Waals surface area (Å²) in [5.74, 6) is 0.0109. The lowest BCUT2D eigenvalue weighted by Crippen LogP contribution is -2.66. The maximum atomic E-state index is 13.2. The summed E-state index contributed by atoms with van der Waals surface area (Å²) in [6, 6.07) is 6.08. The van der Waals surface area contributed by atoms with Gasteiger partial charge in [-0.05, 0) is 34.3 Å². The highest BCUT2D eigenvalue weighted by atomic mass is 28.5. The zero-order valence-corrected chi connectivity index (χ0v) is 28.2. The van der Waals surface area contributed by atoms with Gasteiger partial charge in [0.25, 0.3) is 11.2 Å². The summed E-state index contributed by atoms with van der Waals surface area (Å²) < 4.78 is 39.7. The molecule has 2 aliphatic rings. The summed E-state index contributed by atoms with van der Waals surface area (Å²) >= 11 is 0. The number of nitrogens with zero attached hydrogens (tertiary/aromatic N) is 2. The zero-order valence-electron chi connectivity index (χ0n) is 26.2. The van der Waals surface area contributed by atoms with Crippen LogP contribution in [-0.2, 0) is 22.4 Å². The molecule has 14 nitrogen and oxygen atoms in total. The fourth-order valence-corrected chi connectivity index (χ4v) is 17.2. The summed E-state index contributed by atoms with van der Waals surface area (Å²) in [6.45, 7) is 16.6. The van der Waals surface area contributed by atoms with E-state index in [1.807, 2.05) is 27.7 Å². The van der Waals surface area contributed by atoms with Crippen LogP contribution in [0.5, 0.6) is 5.75 Å². The molecule has 16 heteroatoms. The summed E-state index contributed by atoms with van der Waals surface area (Å²) in [4.78, 5) is 50.6. The Morgan fingerprint density at radius 1 is 0.977 bits per heavy atom. The fourth-order valence-electron chi connectivity index (χ4n) is 5.97. The van der Waals surface area contributed by atoms with Gasteiger partial charge >= 0.3 is 29.0 Å². The van der Waals surface area contributed by atoms with Crippen molar-refractivity contribution in [2.75, 3.05) is 6.61 Å². The van der Waals surface area contributed by atoms with Crippen LogP contribution in [0.1, 0.15) is 61.6 Å². The van der Waals surface area contributed by atoms with Crippen molar-refractivity contribution >= 4 is 29.0 Å². The van der Waals surface area contributed by atoms with Gasteiger partial charge in [-0.1, -0.05) is 55.4 Å². The first-order valence-corrected chi connectivity index (χ1v) is 18.7. The molecule has 2 aromatic rings. The maximum absolute atomic E-state index is 13.2. The van der Waals surface area contributed by atoms with Crippen LogP contribution in [0.4, 0.5) is 10.5 Å². The number of hydrogen-bond acceptors (Lipinski definition) is 11. The van der Waals surface area contributed by atoms with E-state index >= 15 is 0 Å². The molecule has 2 aliphatic heterocycles. The molecule has 3 heterocycles. The molecule has 4 rings (SSSR count). The first kappa shape index (κ1) is 33.7. The number of nitrogens with one attached hydrogen (secondary N) is 1. The second-order valence-electron chi connectivity index (χ2n) is 12.3. The molecule has 0 spiro atoms. The van der Waals surface area contributed by atoms with Gasteiger partial charge in [-0.15, -0.1) is 0 Å². The van der Waals surface area contributed by atoms with Crippen molar-refractivity contribution in [3.63, 3.8) is 0 Å². The molecule has 242 valence electrons. The highest BCUT2D eigenvalue weighted by Crippen LogP contribution is 2.48. The maximum Gasteiger partial charge on any atom is 0.514 e. The smallest absolute Gasteiger partial charge is 0.423 e. The van der Waals surface area contributed by atoms with E-state index in [-0.39, 0.29) is 40.2 Å². The van der Waals surface area contributed by atoms with E-state index in [2.05, 4.69) is 32.7 Å². The van der Waals surface area contributed by atoms with Gasteiger partial charge in [0.2, 0.25) is 0 Å². The molecular weight excluding hydrogens is 610 g/mol. The molecule has 0 unspecified atom stereocenters. The number of benzene rings is 1. The van der Waals surface area contributed by atoms with Crippen molar-refractivity contribution in [1.82, 2.24) is 9.55 Å². The largest absolute Gasteiger partial charge is 0.514 e. The Bertz CT molecular complexity index is 1440. The molecule has 1 aromatic heterocycles. The van der Waals surface area contributed by atoms with E-state index in [0.717, 1.165) is 10.6 Å². The Morgan fingerprint density at radius 2 is 1.57 bits per heavy atom. The second-order valence-corrected chi connectivity index (χ2v) is 21.2. The molecular formula is C28H41N3O11Si2. The van der Waals surface area contributed by atoms with Crippen LogP contribution in [0.25, 0.3) is 0 Å². The third kappa shape index (κ3) is 6.45. The van der Waals surface area contributed by atoms with Crippen LogP contribution in [0.15, 0.2) is 46.1 Å². The fraction of sp³-hybridized carbons (Fsp3) is 0.607. The Balaban J connectivity index is 1.77. The molecule has 2 saturated heterocycles. The minimum Gasteiger partial charge on any atom is -0.423 e. The number of rotatable bonds is 8. The van der Waals surface area contributed by atoms with E-state index in [9.17, 15) is 24.5 Å². The van der Waals surface area contributed by atoms with Crippen molar-refractivity contribution < 1.29 is 36.9 Å². The number of H-pyrrole nitrogens is 1. The molecule has 0 bridgehead atoms. The van der Waals surface area contributed by atoms with E-state index < -0.39 is 64.0 Å². The third-order valence-corrected chi connectivity index (χ3v) is 18.5. The molecule has 0 radical (unpaired) electrons. The van der Waals surface area contributed by atoms with Gasteiger partial charge in [0, 0.05) is 24.4 Å². The number of carbonyl (C=O) groups is 1. The summed E-state index contributed by atoms with van der Waals surface area (Å²) in [6.07, 6.45) is -4.01. The zero-order chi connectivity index (χ0) is 32.6. The SMILES string of the molecule is CC(C)[Si]1(C(C)C)OC[C@H]2O[C@@H](n3ccc(=O)[nH]c3=O)[C@H](OC(=O)Oc3ccc([N+](=O)[O-])cc3)[C@@H]2O[Si](C(C)C)(C(C)C)O1. The molecule has 1 N–H and O–H groups in total. The number of aromatic nitrogens is 2. The van der Waals surface area contributed by atoms with Crippen LogP contribution in [0.3, 0.4) is 0 Å². The highest BCUT2D eigenvalue weighted by Gasteiger charge is 2.62. The normalized spacial score (nSPS) is 24.6. The Morgan fingerprint density at radius 3 is 2.09 bits per heavy atom. The van der Waals surface area contributed by atoms with E-state index in [1.54, 1.807) is 0 Å². The van der Waals surface area contributed by atoms with Gasteiger partial charge in [-0.2, -0.15) is 0 Å².